The Morgan fingerprint density at radius 3 is 2.12 bits per heavy atom. The van der Waals surface area contributed by atoms with E-state index in [9.17, 15) is 14.7 Å². The first-order chi connectivity index (χ1) is 19.2. The molecule has 1 atom stereocenters. The maximum atomic E-state index is 13.7. The van der Waals surface area contributed by atoms with Crippen molar-refractivity contribution in [2.75, 3.05) is 28.4 Å². The van der Waals surface area contributed by atoms with E-state index in [1.54, 1.807) is 38.5 Å². The number of carbonyl (C=O) groups is 2. The molecule has 4 rings (SSSR count). The Hall–Kier alpha value is -4.46. The molecule has 3 aromatic carbocycles. The summed E-state index contributed by atoms with van der Waals surface area (Å²) < 4.78 is 22.0. The van der Waals surface area contributed by atoms with E-state index in [2.05, 4.69) is 0 Å². The molecule has 0 aromatic heterocycles. The van der Waals surface area contributed by atoms with E-state index in [1.165, 1.54) is 19.1 Å². The third-order valence-electron chi connectivity index (χ3n) is 7.25. The van der Waals surface area contributed by atoms with Crippen molar-refractivity contribution < 1.29 is 33.6 Å². The van der Waals surface area contributed by atoms with Gasteiger partial charge in [0.2, 0.25) is 0 Å². The zero-order valence-corrected chi connectivity index (χ0v) is 23.9. The lowest BCUT2D eigenvalue weighted by molar-refractivity contribution is -0.140. The van der Waals surface area contributed by atoms with Crippen LogP contribution in [0.3, 0.4) is 0 Å². The number of aryl methyl sites for hydroxylation is 1. The lowest BCUT2D eigenvalue weighted by Crippen LogP contribution is -2.29. The second-order valence-electron chi connectivity index (χ2n) is 9.92. The molecule has 0 aliphatic carbocycles. The van der Waals surface area contributed by atoms with Crippen LogP contribution in [0.1, 0.15) is 53.6 Å². The van der Waals surface area contributed by atoms with Crippen molar-refractivity contribution in [3.8, 4) is 23.0 Å². The Balaban J connectivity index is 1.97. The Morgan fingerprint density at radius 2 is 1.50 bits per heavy atom. The van der Waals surface area contributed by atoms with Gasteiger partial charge in [-0.3, -0.25) is 9.59 Å². The Bertz CT molecular complexity index is 1470. The summed E-state index contributed by atoms with van der Waals surface area (Å²) in [6, 6.07) is 15.3. The average molecular weight is 546 g/mol. The highest BCUT2D eigenvalue weighted by molar-refractivity contribution is 6.46. The molecule has 3 aromatic rings. The van der Waals surface area contributed by atoms with Crippen molar-refractivity contribution in [3.63, 3.8) is 0 Å². The summed E-state index contributed by atoms with van der Waals surface area (Å²) in [6.07, 6.45) is 0. The number of benzene rings is 3. The van der Waals surface area contributed by atoms with Crippen LogP contribution in [0.15, 0.2) is 60.2 Å². The van der Waals surface area contributed by atoms with Gasteiger partial charge in [0.15, 0.2) is 11.5 Å². The van der Waals surface area contributed by atoms with Crippen LogP contribution in [0.5, 0.6) is 23.0 Å². The monoisotopic (exact) mass is 545 g/mol. The summed E-state index contributed by atoms with van der Waals surface area (Å²) >= 11 is 0. The molecule has 1 amide bonds. The maximum absolute atomic E-state index is 13.7. The molecule has 0 radical (unpaired) electrons. The highest BCUT2D eigenvalue weighted by Crippen LogP contribution is 2.44. The van der Waals surface area contributed by atoms with Crippen molar-refractivity contribution in [2.45, 2.75) is 39.3 Å². The molecule has 1 aliphatic heterocycles. The van der Waals surface area contributed by atoms with E-state index >= 15 is 0 Å². The van der Waals surface area contributed by atoms with Crippen LogP contribution in [0, 0.1) is 6.92 Å². The number of aliphatic hydroxyl groups excluding tert-OH is 1. The predicted molar refractivity (Wildman–Crippen MR) is 152 cm³/mol. The first-order valence-corrected chi connectivity index (χ1v) is 13.0. The summed E-state index contributed by atoms with van der Waals surface area (Å²) in [5, 5.41) is 11.8. The van der Waals surface area contributed by atoms with Crippen molar-refractivity contribution in [3.05, 3.63) is 88.0 Å². The fourth-order valence-corrected chi connectivity index (χ4v) is 5.16. The van der Waals surface area contributed by atoms with E-state index in [4.69, 9.17) is 18.9 Å². The highest BCUT2D eigenvalue weighted by atomic mass is 16.5. The topological polar surface area (TPSA) is 94.5 Å². The van der Waals surface area contributed by atoms with Gasteiger partial charge in [0.25, 0.3) is 11.7 Å². The summed E-state index contributed by atoms with van der Waals surface area (Å²) in [5.74, 6) is 0.571. The quantitative estimate of drug-likeness (QED) is 0.207. The fourth-order valence-electron chi connectivity index (χ4n) is 5.16. The summed E-state index contributed by atoms with van der Waals surface area (Å²) in [5.41, 5.74) is 3.35. The molecule has 8 heteroatoms. The van der Waals surface area contributed by atoms with Gasteiger partial charge in [-0.1, -0.05) is 38.1 Å². The number of nitrogens with zero attached hydrogens (tertiary/aromatic N) is 1. The molecule has 1 saturated heterocycles. The third kappa shape index (κ3) is 5.09. The largest absolute Gasteiger partial charge is 0.507 e. The summed E-state index contributed by atoms with van der Waals surface area (Å²) in [4.78, 5) is 28.7. The van der Waals surface area contributed by atoms with Gasteiger partial charge in [-0.15, -0.1) is 0 Å². The molecule has 0 bridgehead atoms. The molecule has 8 nitrogen and oxygen atoms in total. The van der Waals surface area contributed by atoms with Crippen LogP contribution in [-0.2, 0) is 16.1 Å². The number of likely N-dealkylation sites (tertiary alicyclic amines) is 1. The lowest BCUT2D eigenvalue weighted by atomic mass is 9.91. The lowest BCUT2D eigenvalue weighted by Gasteiger charge is -2.27. The van der Waals surface area contributed by atoms with E-state index < -0.39 is 17.7 Å². The number of methoxy groups -OCH3 is 4. The van der Waals surface area contributed by atoms with Crippen LogP contribution in [0.2, 0.25) is 0 Å². The van der Waals surface area contributed by atoms with Gasteiger partial charge in [0.05, 0.1) is 46.6 Å². The van der Waals surface area contributed by atoms with E-state index in [0.29, 0.717) is 39.7 Å². The molecule has 1 N–H and O–H groups in total. The smallest absolute Gasteiger partial charge is 0.295 e. The SMILES string of the molecule is COc1ccccc1CN1C(=O)C(=O)/C(=C(/O)c2cc(C(C)C)c(OC)cc2C)C1c1ccc(OC)c(OC)c1. The third-order valence-corrected chi connectivity index (χ3v) is 7.25. The minimum absolute atomic E-state index is 0.00455. The van der Waals surface area contributed by atoms with Gasteiger partial charge < -0.3 is 29.0 Å². The second-order valence-corrected chi connectivity index (χ2v) is 9.92. The number of amides is 1. The normalized spacial score (nSPS) is 16.4. The van der Waals surface area contributed by atoms with E-state index in [0.717, 1.165) is 11.1 Å². The Kier molecular flexibility index (Phi) is 8.38. The average Bonchev–Trinajstić information content (AvgIpc) is 3.21. The number of rotatable bonds is 9. The van der Waals surface area contributed by atoms with Gasteiger partial charge >= 0.3 is 0 Å². The standard InChI is InChI=1S/C32H35NO7/c1-18(2)22-16-23(19(3)14-26(22)39-6)30(34)28-29(20-12-13-25(38-5)27(15-20)40-7)33(32(36)31(28)35)17-21-10-8-9-11-24(21)37-4/h8-16,18,29,34H,17H2,1-7H3/b30-28+. The van der Waals surface area contributed by atoms with Crippen LogP contribution in [0.4, 0.5) is 0 Å². The zero-order valence-electron chi connectivity index (χ0n) is 23.9. The number of ether oxygens (including phenoxy) is 4. The fraction of sp³-hybridized carbons (Fsp3) is 0.312. The zero-order chi connectivity index (χ0) is 29.1. The number of carbonyl (C=O) groups excluding carboxylic acids is 2. The number of para-hydroxylation sites is 1. The van der Waals surface area contributed by atoms with Crippen molar-refractivity contribution >= 4 is 17.4 Å². The molecule has 1 unspecified atom stereocenters. The molecule has 210 valence electrons. The van der Waals surface area contributed by atoms with E-state index in [-0.39, 0.29) is 23.8 Å². The molecule has 1 aliphatic rings. The van der Waals surface area contributed by atoms with Gasteiger partial charge in [-0.05, 0) is 59.9 Å². The predicted octanol–water partition coefficient (Wildman–Crippen LogP) is 5.77. The van der Waals surface area contributed by atoms with Gasteiger partial charge in [-0.25, -0.2) is 0 Å². The highest BCUT2D eigenvalue weighted by Gasteiger charge is 2.46. The molecular weight excluding hydrogens is 510 g/mol. The molecular formula is C32H35NO7. The molecule has 1 heterocycles. The van der Waals surface area contributed by atoms with Crippen molar-refractivity contribution in [2.24, 2.45) is 0 Å². The van der Waals surface area contributed by atoms with Crippen LogP contribution < -0.4 is 18.9 Å². The van der Waals surface area contributed by atoms with Crippen LogP contribution in [-0.4, -0.2) is 50.1 Å². The molecule has 0 spiro atoms. The number of hydrogen-bond acceptors (Lipinski definition) is 7. The number of hydrogen-bond donors (Lipinski definition) is 1. The number of ketones is 1. The molecule has 0 saturated carbocycles. The van der Waals surface area contributed by atoms with Crippen molar-refractivity contribution in [1.82, 2.24) is 4.90 Å². The van der Waals surface area contributed by atoms with Gasteiger partial charge in [0.1, 0.15) is 17.3 Å². The van der Waals surface area contributed by atoms with Crippen LogP contribution in [0.25, 0.3) is 5.76 Å². The second kappa shape index (κ2) is 11.7. The first kappa shape index (κ1) is 28.5. The summed E-state index contributed by atoms with van der Waals surface area (Å²) in [7, 11) is 6.20. The Morgan fingerprint density at radius 1 is 0.850 bits per heavy atom. The van der Waals surface area contributed by atoms with Crippen molar-refractivity contribution in [1.29, 1.82) is 0 Å². The van der Waals surface area contributed by atoms with Gasteiger partial charge in [0, 0.05) is 11.1 Å². The van der Waals surface area contributed by atoms with Gasteiger partial charge in [-0.2, -0.15) is 0 Å². The van der Waals surface area contributed by atoms with Crippen LogP contribution >= 0.6 is 0 Å². The summed E-state index contributed by atoms with van der Waals surface area (Å²) in [6.45, 7) is 5.96. The molecule has 40 heavy (non-hydrogen) atoms. The molecule has 1 fully saturated rings. The maximum Gasteiger partial charge on any atom is 0.295 e. The first-order valence-electron chi connectivity index (χ1n) is 13.0. The Labute approximate surface area is 234 Å². The minimum Gasteiger partial charge on any atom is -0.507 e. The van der Waals surface area contributed by atoms with E-state index in [1.807, 2.05) is 51.1 Å². The number of Topliss-reactive ketones (excluding diaryl/α,β-unsaturated/α-hetero) is 1. The minimum atomic E-state index is -0.895. The number of aliphatic hydroxyl groups is 1.